The molecular weight excluding hydrogens is 338 g/mol. The first-order valence-electron chi connectivity index (χ1n) is 7.05. The second-order valence-corrected chi connectivity index (χ2v) is 5.90. The second kappa shape index (κ2) is 6.69. The number of hydrogen-bond acceptors (Lipinski definition) is 2. The summed E-state index contributed by atoms with van der Waals surface area (Å²) in [5, 5.41) is 6.42. The van der Waals surface area contributed by atoms with Crippen molar-refractivity contribution in [2.75, 3.05) is 5.88 Å². The quantitative estimate of drug-likeness (QED) is 0.755. The van der Waals surface area contributed by atoms with Crippen molar-refractivity contribution in [2.24, 2.45) is 5.10 Å². The van der Waals surface area contributed by atoms with E-state index in [0.29, 0.717) is 11.4 Å². The summed E-state index contributed by atoms with van der Waals surface area (Å²) < 4.78 is 13.1. The first-order chi connectivity index (χ1) is 11.1. The molecule has 0 radical (unpaired) electrons. The molecule has 118 valence electrons. The van der Waals surface area contributed by atoms with Crippen molar-refractivity contribution in [1.82, 2.24) is 5.01 Å². The van der Waals surface area contributed by atoms with Crippen LogP contribution < -0.4 is 0 Å². The van der Waals surface area contributed by atoms with Gasteiger partial charge in [-0.15, -0.1) is 11.6 Å². The number of alkyl halides is 1. The summed E-state index contributed by atoms with van der Waals surface area (Å²) in [6.07, 6.45) is 0.538. The third-order valence-electron chi connectivity index (χ3n) is 3.71. The van der Waals surface area contributed by atoms with E-state index in [1.54, 1.807) is 24.3 Å². The first-order valence-corrected chi connectivity index (χ1v) is 7.96. The van der Waals surface area contributed by atoms with Gasteiger partial charge in [0.1, 0.15) is 11.7 Å². The molecule has 1 aliphatic heterocycles. The Morgan fingerprint density at radius 3 is 2.43 bits per heavy atom. The Labute approximate surface area is 143 Å². The predicted octanol–water partition coefficient (Wildman–Crippen LogP) is 4.40. The van der Waals surface area contributed by atoms with Gasteiger partial charge in [-0.3, -0.25) is 4.79 Å². The predicted molar refractivity (Wildman–Crippen MR) is 89.3 cm³/mol. The lowest BCUT2D eigenvalue weighted by atomic mass is 9.98. The van der Waals surface area contributed by atoms with Crippen molar-refractivity contribution < 1.29 is 9.18 Å². The zero-order chi connectivity index (χ0) is 16.4. The van der Waals surface area contributed by atoms with E-state index in [2.05, 4.69) is 5.10 Å². The molecule has 0 saturated carbocycles. The average Bonchev–Trinajstić information content (AvgIpc) is 3.00. The van der Waals surface area contributed by atoms with E-state index in [1.165, 1.54) is 17.1 Å². The molecule has 0 saturated heterocycles. The molecule has 1 atom stereocenters. The summed E-state index contributed by atoms with van der Waals surface area (Å²) >= 11 is 11.6. The Kier molecular flexibility index (Phi) is 4.64. The Balaban J connectivity index is 1.93. The van der Waals surface area contributed by atoms with E-state index in [9.17, 15) is 9.18 Å². The molecule has 1 unspecified atom stereocenters. The molecular formula is C17H13Cl2FN2O. The zero-order valence-electron chi connectivity index (χ0n) is 12.0. The lowest BCUT2D eigenvalue weighted by molar-refractivity contribution is -0.130. The minimum atomic E-state index is -0.310. The van der Waals surface area contributed by atoms with E-state index < -0.39 is 0 Å². The minimum absolute atomic E-state index is 0.149. The number of hydrazone groups is 1. The van der Waals surface area contributed by atoms with Crippen LogP contribution in [-0.2, 0) is 4.79 Å². The molecule has 0 bridgehead atoms. The molecule has 1 amide bonds. The van der Waals surface area contributed by atoms with Gasteiger partial charge in [0.2, 0.25) is 0 Å². The smallest absolute Gasteiger partial charge is 0.258 e. The van der Waals surface area contributed by atoms with Crippen LogP contribution in [0.1, 0.15) is 23.6 Å². The fourth-order valence-electron chi connectivity index (χ4n) is 2.56. The molecule has 6 heteroatoms. The zero-order valence-corrected chi connectivity index (χ0v) is 13.6. The second-order valence-electron chi connectivity index (χ2n) is 5.20. The number of benzene rings is 2. The highest BCUT2D eigenvalue weighted by atomic mass is 35.5. The van der Waals surface area contributed by atoms with Gasteiger partial charge in [-0.25, -0.2) is 9.40 Å². The molecule has 0 fully saturated rings. The summed E-state index contributed by atoms with van der Waals surface area (Å²) in [7, 11) is 0. The van der Waals surface area contributed by atoms with Gasteiger partial charge in [0.05, 0.1) is 11.8 Å². The number of nitrogens with zero attached hydrogens (tertiary/aromatic N) is 2. The SMILES string of the molecule is O=C(CCl)N1N=C(c2ccc(F)cc2)CC1c1ccc(Cl)cc1. The third-order valence-corrected chi connectivity index (χ3v) is 4.19. The van der Waals surface area contributed by atoms with Crippen LogP contribution >= 0.6 is 23.2 Å². The maximum atomic E-state index is 13.1. The van der Waals surface area contributed by atoms with E-state index in [0.717, 1.165) is 16.8 Å². The molecule has 2 aromatic carbocycles. The maximum absolute atomic E-state index is 13.1. The highest BCUT2D eigenvalue weighted by molar-refractivity contribution is 6.30. The molecule has 0 aromatic heterocycles. The standard InChI is InChI=1S/C17H13Cl2FN2O/c18-10-17(23)22-16(12-1-5-13(19)6-2-12)9-15(21-22)11-3-7-14(20)8-4-11/h1-8,16H,9-10H2. The fraction of sp³-hybridized carbons (Fsp3) is 0.176. The minimum Gasteiger partial charge on any atom is -0.272 e. The van der Waals surface area contributed by atoms with E-state index in [1.807, 2.05) is 12.1 Å². The summed E-state index contributed by atoms with van der Waals surface area (Å²) in [4.78, 5) is 12.1. The number of rotatable bonds is 3. The van der Waals surface area contributed by atoms with Crippen molar-refractivity contribution in [3.63, 3.8) is 0 Å². The molecule has 0 spiro atoms. The third kappa shape index (κ3) is 3.38. The van der Waals surface area contributed by atoms with Crippen LogP contribution in [0.2, 0.25) is 5.02 Å². The largest absolute Gasteiger partial charge is 0.272 e. The summed E-state index contributed by atoms with van der Waals surface area (Å²) in [6, 6.07) is 13.1. The molecule has 1 aliphatic rings. The van der Waals surface area contributed by atoms with Crippen molar-refractivity contribution in [3.8, 4) is 0 Å². The molecule has 2 aromatic rings. The molecule has 3 nitrogen and oxygen atoms in total. The number of hydrogen-bond donors (Lipinski definition) is 0. The fourth-order valence-corrected chi connectivity index (χ4v) is 2.81. The van der Waals surface area contributed by atoms with Gasteiger partial charge in [-0.1, -0.05) is 35.9 Å². The summed E-state index contributed by atoms with van der Waals surface area (Å²) in [5.74, 6) is -0.733. The monoisotopic (exact) mass is 350 g/mol. The van der Waals surface area contributed by atoms with Gasteiger partial charge in [0, 0.05) is 11.4 Å². The van der Waals surface area contributed by atoms with E-state index in [-0.39, 0.29) is 23.6 Å². The Bertz CT molecular complexity index is 744. The highest BCUT2D eigenvalue weighted by Crippen LogP contribution is 2.33. The van der Waals surface area contributed by atoms with Crippen LogP contribution in [0.5, 0.6) is 0 Å². The van der Waals surface area contributed by atoms with Gasteiger partial charge in [-0.05, 0) is 35.4 Å². The van der Waals surface area contributed by atoms with Crippen LogP contribution in [0.15, 0.2) is 53.6 Å². The Morgan fingerprint density at radius 2 is 1.83 bits per heavy atom. The maximum Gasteiger partial charge on any atom is 0.258 e. The van der Waals surface area contributed by atoms with E-state index in [4.69, 9.17) is 23.2 Å². The van der Waals surface area contributed by atoms with Crippen molar-refractivity contribution in [1.29, 1.82) is 0 Å². The van der Waals surface area contributed by atoms with Crippen LogP contribution in [0.3, 0.4) is 0 Å². The number of halogens is 3. The van der Waals surface area contributed by atoms with Crippen molar-refractivity contribution in [3.05, 3.63) is 70.5 Å². The van der Waals surface area contributed by atoms with Gasteiger partial charge >= 0.3 is 0 Å². The van der Waals surface area contributed by atoms with Crippen molar-refractivity contribution in [2.45, 2.75) is 12.5 Å². The van der Waals surface area contributed by atoms with Crippen LogP contribution in [0.25, 0.3) is 0 Å². The van der Waals surface area contributed by atoms with E-state index >= 15 is 0 Å². The van der Waals surface area contributed by atoms with Gasteiger partial charge < -0.3 is 0 Å². The van der Waals surface area contributed by atoms with Crippen LogP contribution in [-0.4, -0.2) is 22.5 Å². The first kappa shape index (κ1) is 16.0. The van der Waals surface area contributed by atoms with Gasteiger partial charge in [0.25, 0.3) is 5.91 Å². The molecule has 3 rings (SSSR count). The average molecular weight is 351 g/mol. The Hall–Kier alpha value is -1.91. The highest BCUT2D eigenvalue weighted by Gasteiger charge is 2.32. The van der Waals surface area contributed by atoms with Crippen LogP contribution in [0.4, 0.5) is 4.39 Å². The molecule has 1 heterocycles. The van der Waals surface area contributed by atoms with Gasteiger partial charge in [0.15, 0.2) is 0 Å². The van der Waals surface area contributed by atoms with Crippen molar-refractivity contribution >= 4 is 34.8 Å². The lowest BCUT2D eigenvalue weighted by Crippen LogP contribution is -2.27. The summed E-state index contributed by atoms with van der Waals surface area (Å²) in [5.41, 5.74) is 2.44. The number of carbonyl (C=O) groups is 1. The van der Waals surface area contributed by atoms with Crippen LogP contribution in [0, 0.1) is 5.82 Å². The number of carbonyl (C=O) groups excluding carboxylic acids is 1. The summed E-state index contributed by atoms with van der Waals surface area (Å²) in [6.45, 7) is 0. The molecule has 23 heavy (non-hydrogen) atoms. The lowest BCUT2D eigenvalue weighted by Gasteiger charge is -2.21. The topological polar surface area (TPSA) is 32.7 Å². The normalized spacial score (nSPS) is 17.3. The molecule has 0 aliphatic carbocycles. The number of amides is 1. The van der Waals surface area contributed by atoms with Gasteiger partial charge in [-0.2, -0.15) is 5.10 Å². The molecule has 0 N–H and O–H groups in total. The Morgan fingerprint density at radius 1 is 1.17 bits per heavy atom.